The maximum atomic E-state index is 14.0. The zero-order chi connectivity index (χ0) is 39.4. The van der Waals surface area contributed by atoms with Gasteiger partial charge in [0.15, 0.2) is 0 Å². The van der Waals surface area contributed by atoms with Gasteiger partial charge in [-0.2, -0.15) is 0 Å². The zero-order valence-electron chi connectivity index (χ0n) is 33.3. The summed E-state index contributed by atoms with van der Waals surface area (Å²) >= 11 is 0. The average Bonchev–Trinajstić information content (AvgIpc) is 3.15. The summed E-state index contributed by atoms with van der Waals surface area (Å²) in [5.41, 5.74) is 9.93. The molecule has 5 atom stereocenters. The average molecular weight is 746 g/mol. The molecule has 296 valence electrons. The third kappa shape index (κ3) is 10.9. The van der Waals surface area contributed by atoms with E-state index < -0.39 is 29.9 Å². The van der Waals surface area contributed by atoms with Crippen molar-refractivity contribution in [3.05, 3.63) is 70.8 Å². The lowest BCUT2D eigenvalue weighted by Gasteiger charge is -2.39. The molecule has 0 unspecified atom stereocenters. The summed E-state index contributed by atoms with van der Waals surface area (Å²) in [7, 11) is 7.59. The summed E-state index contributed by atoms with van der Waals surface area (Å²) in [6, 6.07) is 12.8. The topological polar surface area (TPSA) is 148 Å². The Morgan fingerprint density at radius 1 is 0.667 bits per heavy atom. The number of likely N-dealkylation sites (N-methyl/N-ethyl adjacent to an activating group) is 2. The fraction of sp³-hybridized carbons (Fsp3) is 0.595. The highest BCUT2D eigenvalue weighted by atomic mass is 16.2. The molecular weight excluding hydrogens is 683 g/mol. The van der Waals surface area contributed by atoms with E-state index in [-0.39, 0.29) is 36.2 Å². The van der Waals surface area contributed by atoms with Gasteiger partial charge >= 0.3 is 0 Å². The van der Waals surface area contributed by atoms with Gasteiger partial charge in [0.2, 0.25) is 29.5 Å². The summed E-state index contributed by atoms with van der Waals surface area (Å²) < 4.78 is 0. The van der Waals surface area contributed by atoms with E-state index in [0.29, 0.717) is 51.7 Å². The Hall–Kier alpha value is -4.29. The fourth-order valence-corrected chi connectivity index (χ4v) is 7.72. The fourth-order valence-electron chi connectivity index (χ4n) is 7.72. The van der Waals surface area contributed by atoms with Crippen LogP contribution in [-0.2, 0) is 49.9 Å². The molecule has 2 aromatic carbocycles. The van der Waals surface area contributed by atoms with Crippen molar-refractivity contribution in [3.8, 4) is 0 Å². The molecule has 5 amide bonds. The second-order valence-corrected chi connectivity index (χ2v) is 15.4. The third-order valence-corrected chi connectivity index (χ3v) is 11.0. The van der Waals surface area contributed by atoms with Crippen LogP contribution in [-0.4, -0.2) is 114 Å². The zero-order valence-corrected chi connectivity index (χ0v) is 33.3. The Morgan fingerprint density at radius 2 is 1.11 bits per heavy atom. The second kappa shape index (κ2) is 20.4. The number of unbranched alkanes of at least 4 members (excludes halogenated alkanes) is 3. The lowest BCUT2D eigenvalue weighted by atomic mass is 9.92. The second-order valence-electron chi connectivity index (χ2n) is 15.4. The number of carbonyl (C=O) groups excluding carboxylic acids is 5. The van der Waals surface area contributed by atoms with Crippen LogP contribution in [0.1, 0.15) is 93.9 Å². The Labute approximate surface area is 322 Å². The minimum absolute atomic E-state index is 0.0388. The maximum absolute atomic E-state index is 14.0. The Kier molecular flexibility index (Phi) is 16.0. The van der Waals surface area contributed by atoms with E-state index >= 15 is 0 Å². The van der Waals surface area contributed by atoms with Gasteiger partial charge in [0, 0.05) is 32.5 Å². The molecule has 0 bridgehead atoms. The molecule has 54 heavy (non-hydrogen) atoms. The van der Waals surface area contributed by atoms with Crippen LogP contribution in [0.3, 0.4) is 0 Å². The van der Waals surface area contributed by atoms with Crippen molar-refractivity contribution in [2.24, 2.45) is 5.73 Å². The number of amides is 5. The first-order chi connectivity index (χ1) is 25.9. The molecule has 0 saturated carbocycles. The molecule has 0 fully saturated rings. The number of primary amides is 1. The monoisotopic (exact) mass is 745 g/mol. The summed E-state index contributed by atoms with van der Waals surface area (Å²) in [6.45, 7) is 5.23. The minimum atomic E-state index is -0.930. The predicted molar refractivity (Wildman–Crippen MR) is 211 cm³/mol. The molecule has 0 aromatic heterocycles. The quantitative estimate of drug-likeness (QED) is 0.187. The van der Waals surface area contributed by atoms with E-state index in [2.05, 4.69) is 24.5 Å². The molecule has 2 aromatic rings. The van der Waals surface area contributed by atoms with Crippen molar-refractivity contribution in [2.75, 3.05) is 34.7 Å². The van der Waals surface area contributed by atoms with Gasteiger partial charge in [-0.3, -0.25) is 33.8 Å². The molecule has 4 N–H and O–H groups in total. The van der Waals surface area contributed by atoms with E-state index in [4.69, 9.17) is 5.73 Å². The van der Waals surface area contributed by atoms with Gasteiger partial charge in [-0.15, -0.1) is 0 Å². The number of nitrogens with one attached hydrogen (secondary N) is 2. The van der Waals surface area contributed by atoms with Crippen molar-refractivity contribution in [3.63, 3.8) is 0 Å². The van der Waals surface area contributed by atoms with E-state index in [0.717, 1.165) is 54.4 Å². The van der Waals surface area contributed by atoms with Crippen LogP contribution in [0.15, 0.2) is 48.5 Å². The molecule has 0 radical (unpaired) electrons. The number of fused-ring (bicyclic) bond motifs is 2. The number of rotatable bonds is 19. The number of benzene rings is 2. The highest BCUT2D eigenvalue weighted by Crippen LogP contribution is 2.27. The van der Waals surface area contributed by atoms with Crippen LogP contribution in [0.5, 0.6) is 0 Å². The van der Waals surface area contributed by atoms with Crippen LogP contribution < -0.4 is 16.4 Å². The maximum Gasteiger partial charge on any atom is 0.243 e. The molecule has 2 aliphatic heterocycles. The van der Waals surface area contributed by atoms with Crippen molar-refractivity contribution in [2.45, 2.75) is 128 Å². The Bertz CT molecular complexity index is 1600. The smallest absolute Gasteiger partial charge is 0.243 e. The Morgan fingerprint density at radius 3 is 1.54 bits per heavy atom. The first-order valence-electron chi connectivity index (χ1n) is 19.8. The van der Waals surface area contributed by atoms with Crippen LogP contribution >= 0.6 is 0 Å². The molecule has 2 heterocycles. The molecular formula is C42H63N7O5. The molecule has 2 aliphatic rings. The van der Waals surface area contributed by atoms with Gasteiger partial charge < -0.3 is 26.2 Å². The largest absolute Gasteiger partial charge is 0.368 e. The van der Waals surface area contributed by atoms with Gasteiger partial charge in [0.1, 0.15) is 18.1 Å². The molecule has 4 rings (SSSR count). The van der Waals surface area contributed by atoms with Gasteiger partial charge in [0.25, 0.3) is 0 Å². The molecule has 0 aliphatic carbocycles. The summed E-state index contributed by atoms with van der Waals surface area (Å²) in [6.07, 6.45) is 7.29. The molecule has 12 nitrogen and oxygen atoms in total. The first-order valence-corrected chi connectivity index (χ1v) is 19.8. The highest BCUT2D eigenvalue weighted by Gasteiger charge is 2.40. The van der Waals surface area contributed by atoms with Crippen molar-refractivity contribution in [1.29, 1.82) is 0 Å². The molecule has 0 spiro atoms. The number of hydrogen-bond donors (Lipinski definition) is 3. The number of nitrogens with zero attached hydrogens (tertiary/aromatic N) is 4. The van der Waals surface area contributed by atoms with Crippen LogP contribution in [0.4, 0.5) is 0 Å². The SMILES string of the molecule is CCCC[C@@H](C(=O)N1Cc2ccccc2C[C@H]1C(=O)NCCCC[C@H](NC(=O)[C@@H]1Cc2ccccc2CN1C(=O)[C@H](CCCC)N(C)C)C(N)=O)N(C)C. The van der Waals surface area contributed by atoms with Crippen molar-refractivity contribution < 1.29 is 24.0 Å². The first kappa shape index (κ1) is 42.5. The predicted octanol–water partition coefficient (Wildman–Crippen LogP) is 3.39. The van der Waals surface area contributed by atoms with Gasteiger partial charge in [-0.05, 0) is 82.5 Å². The standard InChI is InChI=1S/C42H63N7O5/c1-7-9-22-34(46(3)4)41(53)48-27-31-19-13-11-17-29(31)25-36(48)39(51)44-24-16-15-21-33(38(43)50)45-40(52)37-26-30-18-12-14-20-32(30)28-49(37)42(54)35(47(5)6)23-10-8-2/h11-14,17-20,33-37H,7-10,15-16,21-28H2,1-6H3,(H2,43,50)(H,44,51)(H,45,52)/t33-,34-,35-,36-,37-/m0/s1. The summed E-state index contributed by atoms with van der Waals surface area (Å²) in [4.78, 5) is 75.3. The number of carbonyl (C=O) groups is 5. The van der Waals surface area contributed by atoms with Crippen LogP contribution in [0.2, 0.25) is 0 Å². The highest BCUT2D eigenvalue weighted by molar-refractivity contribution is 5.93. The van der Waals surface area contributed by atoms with E-state index in [9.17, 15) is 24.0 Å². The molecule has 0 saturated heterocycles. The lowest BCUT2D eigenvalue weighted by molar-refractivity contribution is -0.146. The van der Waals surface area contributed by atoms with Gasteiger partial charge in [-0.1, -0.05) is 88.1 Å². The lowest BCUT2D eigenvalue weighted by Crippen LogP contribution is -2.59. The van der Waals surface area contributed by atoms with Gasteiger partial charge in [0.05, 0.1) is 12.1 Å². The van der Waals surface area contributed by atoms with E-state index in [1.807, 2.05) is 86.5 Å². The minimum Gasteiger partial charge on any atom is -0.368 e. The van der Waals surface area contributed by atoms with Crippen molar-refractivity contribution in [1.82, 2.24) is 30.2 Å². The normalized spacial score (nSPS) is 18.4. The van der Waals surface area contributed by atoms with Crippen LogP contribution in [0.25, 0.3) is 0 Å². The van der Waals surface area contributed by atoms with Crippen molar-refractivity contribution >= 4 is 29.5 Å². The number of hydrogen-bond acceptors (Lipinski definition) is 7. The van der Waals surface area contributed by atoms with E-state index in [1.54, 1.807) is 9.80 Å². The van der Waals surface area contributed by atoms with Gasteiger partial charge in [-0.25, -0.2) is 0 Å². The molecule has 12 heteroatoms. The van der Waals surface area contributed by atoms with E-state index in [1.165, 1.54) is 0 Å². The number of nitrogens with two attached hydrogens (primary N) is 1. The van der Waals surface area contributed by atoms with Crippen LogP contribution in [0, 0.1) is 0 Å². The summed E-state index contributed by atoms with van der Waals surface area (Å²) in [5.74, 6) is -1.40. The third-order valence-electron chi connectivity index (χ3n) is 11.0. The summed E-state index contributed by atoms with van der Waals surface area (Å²) in [5, 5.41) is 5.91. The Balaban J connectivity index is 1.38.